The molecule has 20 heavy (non-hydrogen) atoms. The Kier molecular flexibility index (Phi) is 6.04. The van der Waals surface area contributed by atoms with Crippen LogP contribution in [-0.4, -0.2) is 29.5 Å². The van der Waals surface area contributed by atoms with Crippen molar-refractivity contribution in [3.05, 3.63) is 39.7 Å². The predicted octanol–water partition coefficient (Wildman–Crippen LogP) is 2.54. The number of rotatable bonds is 7. The maximum absolute atomic E-state index is 13.5. The van der Waals surface area contributed by atoms with Crippen LogP contribution in [0.3, 0.4) is 0 Å². The Morgan fingerprint density at radius 2 is 2.10 bits per heavy atom. The van der Waals surface area contributed by atoms with E-state index in [0.29, 0.717) is 18.0 Å². The molecule has 0 aliphatic heterocycles. The molecule has 5 nitrogen and oxygen atoms in total. The van der Waals surface area contributed by atoms with Crippen LogP contribution in [0.1, 0.15) is 25.8 Å². The van der Waals surface area contributed by atoms with Gasteiger partial charge < -0.3 is 10.6 Å². The maximum Gasteiger partial charge on any atom is 0.304 e. The van der Waals surface area contributed by atoms with Gasteiger partial charge in [-0.25, -0.2) is 0 Å². The molecular formula is C14H22FN3O2. The molecule has 0 bridgehead atoms. The molecule has 2 N–H and O–H groups in total. The normalized spacial score (nSPS) is 12.9. The molecule has 1 unspecified atom stereocenters. The molecule has 0 amide bonds. The fraction of sp³-hybridized carbons (Fsp3) is 0.571. The highest BCUT2D eigenvalue weighted by Crippen LogP contribution is 2.18. The summed E-state index contributed by atoms with van der Waals surface area (Å²) in [6.45, 7) is 5.50. The second-order valence-corrected chi connectivity index (χ2v) is 5.48. The Morgan fingerprint density at radius 1 is 1.45 bits per heavy atom. The zero-order valence-electron chi connectivity index (χ0n) is 12.2. The Balaban J connectivity index is 2.56. The highest BCUT2D eigenvalue weighted by atomic mass is 19.1. The summed E-state index contributed by atoms with van der Waals surface area (Å²) in [5, 5.41) is 10.5. The minimum Gasteiger partial charge on any atom is -0.327 e. The molecule has 6 heteroatoms. The number of benzene rings is 1. The minimum absolute atomic E-state index is 0.144. The fourth-order valence-electron chi connectivity index (χ4n) is 1.89. The first kappa shape index (κ1) is 16.5. The average molecular weight is 283 g/mol. The lowest BCUT2D eigenvalue weighted by atomic mass is 10.0. The van der Waals surface area contributed by atoms with Gasteiger partial charge in [-0.1, -0.05) is 19.9 Å². The molecule has 0 heterocycles. The van der Waals surface area contributed by atoms with E-state index >= 15 is 0 Å². The summed E-state index contributed by atoms with van der Waals surface area (Å²) in [5.41, 5.74) is 6.20. The first-order valence-corrected chi connectivity index (χ1v) is 6.68. The van der Waals surface area contributed by atoms with Gasteiger partial charge in [0.25, 0.3) is 0 Å². The molecule has 1 rings (SSSR count). The number of hydrogen-bond acceptors (Lipinski definition) is 4. The number of nitro groups is 1. The highest BCUT2D eigenvalue weighted by molar-refractivity contribution is 5.34. The van der Waals surface area contributed by atoms with Crippen molar-refractivity contribution in [2.45, 2.75) is 32.9 Å². The molecule has 0 aliphatic carbocycles. The number of hydrogen-bond donors (Lipinski definition) is 1. The standard InChI is InChI=1S/C14H22FN3O2/c1-10(2)13(16)6-7-17(3)9-11-4-5-14(18(19)20)12(15)8-11/h4-5,8,10,13H,6-7,9,16H2,1-3H3. The first-order valence-electron chi connectivity index (χ1n) is 6.68. The molecule has 0 radical (unpaired) electrons. The van der Waals surface area contributed by atoms with Crippen LogP contribution in [0.15, 0.2) is 18.2 Å². The molecule has 112 valence electrons. The van der Waals surface area contributed by atoms with Crippen molar-refractivity contribution in [3.8, 4) is 0 Å². The molecule has 1 atom stereocenters. The van der Waals surface area contributed by atoms with Gasteiger partial charge in [-0.05, 0) is 37.6 Å². The van der Waals surface area contributed by atoms with E-state index in [1.807, 2.05) is 11.9 Å². The van der Waals surface area contributed by atoms with Gasteiger partial charge in [0.15, 0.2) is 0 Å². The smallest absolute Gasteiger partial charge is 0.304 e. The molecule has 0 saturated heterocycles. The van der Waals surface area contributed by atoms with Crippen LogP contribution in [-0.2, 0) is 6.54 Å². The Hall–Kier alpha value is -1.53. The summed E-state index contributed by atoms with van der Waals surface area (Å²) in [7, 11) is 1.92. The van der Waals surface area contributed by atoms with Crippen LogP contribution in [0.5, 0.6) is 0 Å². The third-order valence-corrected chi connectivity index (χ3v) is 3.36. The van der Waals surface area contributed by atoms with Crippen molar-refractivity contribution in [2.75, 3.05) is 13.6 Å². The third kappa shape index (κ3) is 4.86. The molecular weight excluding hydrogens is 261 g/mol. The zero-order chi connectivity index (χ0) is 15.3. The number of nitrogens with two attached hydrogens (primary N) is 1. The molecule has 0 fully saturated rings. The molecule has 0 aliphatic rings. The molecule has 0 spiro atoms. The van der Waals surface area contributed by atoms with Gasteiger partial charge in [0, 0.05) is 18.7 Å². The maximum atomic E-state index is 13.5. The third-order valence-electron chi connectivity index (χ3n) is 3.36. The summed E-state index contributed by atoms with van der Waals surface area (Å²) >= 11 is 0. The van der Waals surface area contributed by atoms with Gasteiger partial charge in [-0.15, -0.1) is 0 Å². The number of halogens is 1. The van der Waals surface area contributed by atoms with Gasteiger partial charge in [-0.2, -0.15) is 4.39 Å². The summed E-state index contributed by atoms with van der Waals surface area (Å²) < 4.78 is 13.5. The largest absolute Gasteiger partial charge is 0.327 e. The SMILES string of the molecule is CC(C)C(N)CCN(C)Cc1ccc([N+](=O)[O-])c(F)c1. The van der Waals surface area contributed by atoms with Crippen LogP contribution in [0, 0.1) is 21.8 Å². The number of nitrogens with zero attached hydrogens (tertiary/aromatic N) is 2. The topological polar surface area (TPSA) is 72.4 Å². The highest BCUT2D eigenvalue weighted by Gasteiger charge is 2.14. The zero-order valence-corrected chi connectivity index (χ0v) is 12.2. The summed E-state index contributed by atoms with van der Waals surface area (Å²) in [6, 6.07) is 4.15. The van der Waals surface area contributed by atoms with Gasteiger partial charge in [0.2, 0.25) is 5.82 Å². The van der Waals surface area contributed by atoms with Gasteiger partial charge in [0.1, 0.15) is 0 Å². The van der Waals surface area contributed by atoms with E-state index in [0.717, 1.165) is 13.0 Å². The molecule has 1 aromatic carbocycles. The second-order valence-electron chi connectivity index (χ2n) is 5.48. The minimum atomic E-state index is -0.792. The van der Waals surface area contributed by atoms with E-state index in [4.69, 9.17) is 5.73 Å². The van der Waals surface area contributed by atoms with Crippen molar-refractivity contribution < 1.29 is 9.31 Å². The van der Waals surface area contributed by atoms with E-state index < -0.39 is 16.4 Å². The lowest BCUT2D eigenvalue weighted by Gasteiger charge is -2.21. The van der Waals surface area contributed by atoms with E-state index in [1.165, 1.54) is 12.1 Å². The first-order chi connectivity index (χ1) is 9.31. The fourth-order valence-corrected chi connectivity index (χ4v) is 1.89. The van der Waals surface area contributed by atoms with Crippen LogP contribution in [0.25, 0.3) is 0 Å². The van der Waals surface area contributed by atoms with Crippen LogP contribution < -0.4 is 5.73 Å². The van der Waals surface area contributed by atoms with Gasteiger partial charge >= 0.3 is 5.69 Å². The lowest BCUT2D eigenvalue weighted by molar-refractivity contribution is -0.387. The van der Waals surface area contributed by atoms with E-state index in [-0.39, 0.29) is 6.04 Å². The average Bonchev–Trinajstić information content (AvgIpc) is 2.35. The summed E-state index contributed by atoms with van der Waals surface area (Å²) in [5.74, 6) is -0.361. The van der Waals surface area contributed by atoms with Gasteiger partial charge in [-0.3, -0.25) is 10.1 Å². The van der Waals surface area contributed by atoms with Crippen molar-refractivity contribution in [3.63, 3.8) is 0 Å². The van der Waals surface area contributed by atoms with Crippen molar-refractivity contribution in [2.24, 2.45) is 11.7 Å². The molecule has 1 aromatic rings. The quantitative estimate of drug-likeness (QED) is 0.616. The Labute approximate surface area is 118 Å². The monoisotopic (exact) mass is 283 g/mol. The van der Waals surface area contributed by atoms with Crippen molar-refractivity contribution in [1.82, 2.24) is 4.90 Å². The second kappa shape index (κ2) is 7.31. The van der Waals surface area contributed by atoms with Crippen molar-refractivity contribution >= 4 is 5.69 Å². The Morgan fingerprint density at radius 3 is 2.60 bits per heavy atom. The van der Waals surface area contributed by atoms with E-state index in [1.54, 1.807) is 6.07 Å². The van der Waals surface area contributed by atoms with Crippen LogP contribution in [0.2, 0.25) is 0 Å². The molecule has 0 aromatic heterocycles. The van der Waals surface area contributed by atoms with Crippen LogP contribution >= 0.6 is 0 Å². The van der Waals surface area contributed by atoms with E-state index in [9.17, 15) is 14.5 Å². The van der Waals surface area contributed by atoms with E-state index in [2.05, 4.69) is 13.8 Å². The summed E-state index contributed by atoms with van der Waals surface area (Å²) in [6.07, 6.45) is 0.865. The van der Waals surface area contributed by atoms with Crippen molar-refractivity contribution in [1.29, 1.82) is 0 Å². The lowest BCUT2D eigenvalue weighted by Crippen LogP contribution is -2.31. The van der Waals surface area contributed by atoms with Gasteiger partial charge in [0.05, 0.1) is 4.92 Å². The Bertz CT molecular complexity index is 466. The van der Waals surface area contributed by atoms with Crippen LogP contribution in [0.4, 0.5) is 10.1 Å². The summed E-state index contributed by atoms with van der Waals surface area (Å²) in [4.78, 5) is 11.9. The predicted molar refractivity (Wildman–Crippen MR) is 76.8 cm³/mol. The molecule has 0 saturated carbocycles. The number of nitro benzene ring substituents is 1.